The summed E-state index contributed by atoms with van der Waals surface area (Å²) >= 11 is 0. The number of carbonyl (C=O) groups is 1. The van der Waals surface area contributed by atoms with Gasteiger partial charge in [-0.05, 0) is 55.5 Å². The molecule has 26 heavy (non-hydrogen) atoms. The van der Waals surface area contributed by atoms with E-state index in [2.05, 4.69) is 34.2 Å². The number of rotatable bonds is 3. The Balaban J connectivity index is 1.41. The lowest BCUT2D eigenvalue weighted by Crippen LogP contribution is -2.32. The molecule has 3 heterocycles. The number of nitrogens with zero attached hydrogens (tertiary/aromatic N) is 3. The predicted octanol–water partition coefficient (Wildman–Crippen LogP) is 4.02. The Bertz CT molecular complexity index is 918. The Labute approximate surface area is 153 Å². The van der Waals surface area contributed by atoms with E-state index < -0.39 is 0 Å². The number of benzene rings is 1. The van der Waals surface area contributed by atoms with Crippen LogP contribution in [0.15, 0.2) is 47.5 Å². The van der Waals surface area contributed by atoms with Gasteiger partial charge in [-0.25, -0.2) is 4.98 Å². The third-order valence-corrected chi connectivity index (χ3v) is 5.31. The summed E-state index contributed by atoms with van der Waals surface area (Å²) in [6.07, 6.45) is 9.35. The first-order chi connectivity index (χ1) is 12.7. The highest BCUT2D eigenvalue weighted by Gasteiger charge is 2.24. The molecule has 0 radical (unpaired) electrons. The molecule has 1 fully saturated rings. The lowest BCUT2D eigenvalue weighted by Gasteiger charge is -2.19. The summed E-state index contributed by atoms with van der Waals surface area (Å²) in [6.45, 7) is 3.37. The summed E-state index contributed by atoms with van der Waals surface area (Å²) in [7, 11) is 0. The maximum absolute atomic E-state index is 12.6. The molecule has 0 aliphatic carbocycles. The largest absolute Gasteiger partial charge is 0.448 e. The lowest BCUT2D eigenvalue weighted by atomic mass is 9.92. The number of aromatic nitrogens is 2. The van der Waals surface area contributed by atoms with Crippen molar-refractivity contribution in [1.29, 1.82) is 0 Å². The van der Waals surface area contributed by atoms with Crippen LogP contribution in [0.1, 0.15) is 41.1 Å². The minimum atomic E-state index is -0.00453. The third kappa shape index (κ3) is 3.47. The highest BCUT2D eigenvalue weighted by atomic mass is 16.3. The smallest absolute Gasteiger partial charge is 0.276 e. The van der Waals surface area contributed by atoms with Gasteiger partial charge in [0.2, 0.25) is 0 Å². The fourth-order valence-corrected chi connectivity index (χ4v) is 3.83. The van der Waals surface area contributed by atoms with Crippen molar-refractivity contribution in [3.8, 4) is 0 Å². The molecule has 1 aromatic carbocycles. The van der Waals surface area contributed by atoms with E-state index in [0.29, 0.717) is 17.4 Å². The van der Waals surface area contributed by atoms with E-state index in [9.17, 15) is 4.79 Å². The van der Waals surface area contributed by atoms with Crippen molar-refractivity contribution in [2.24, 2.45) is 5.92 Å². The fraction of sp³-hybridized carbons (Fsp3) is 0.381. The number of hydrogen-bond donors (Lipinski definition) is 0. The summed E-state index contributed by atoms with van der Waals surface area (Å²) in [6, 6.07) is 8.68. The van der Waals surface area contributed by atoms with Crippen LogP contribution in [0, 0.1) is 12.8 Å². The summed E-state index contributed by atoms with van der Waals surface area (Å²) in [5.41, 5.74) is 1.81. The molecule has 134 valence electrons. The zero-order valence-corrected chi connectivity index (χ0v) is 15.0. The van der Waals surface area contributed by atoms with Crippen molar-refractivity contribution < 1.29 is 9.21 Å². The lowest BCUT2D eigenvalue weighted by molar-refractivity contribution is 0.0753. The quantitative estimate of drug-likeness (QED) is 0.717. The second kappa shape index (κ2) is 7.28. The number of aryl methyl sites for hydroxylation is 1. The minimum absolute atomic E-state index is 0.00453. The molecule has 0 unspecified atom stereocenters. The molecule has 0 bridgehead atoms. The van der Waals surface area contributed by atoms with Crippen LogP contribution in [0.5, 0.6) is 0 Å². The van der Waals surface area contributed by atoms with E-state index in [0.717, 1.165) is 38.8 Å². The van der Waals surface area contributed by atoms with Gasteiger partial charge in [0.05, 0.1) is 0 Å². The molecular weight excluding hydrogens is 326 g/mol. The molecule has 1 atom stereocenters. The van der Waals surface area contributed by atoms with Crippen LogP contribution in [-0.2, 0) is 6.42 Å². The van der Waals surface area contributed by atoms with Crippen LogP contribution in [0.25, 0.3) is 10.8 Å². The molecule has 0 spiro atoms. The van der Waals surface area contributed by atoms with E-state index in [1.807, 2.05) is 17.3 Å². The van der Waals surface area contributed by atoms with Crippen molar-refractivity contribution in [3.05, 3.63) is 60.1 Å². The summed E-state index contributed by atoms with van der Waals surface area (Å²) in [5, 5.41) is 2.42. The first kappa shape index (κ1) is 16.8. The topological polar surface area (TPSA) is 59.2 Å². The fourth-order valence-electron chi connectivity index (χ4n) is 3.83. The van der Waals surface area contributed by atoms with Crippen LogP contribution in [0.3, 0.4) is 0 Å². The van der Waals surface area contributed by atoms with E-state index in [1.165, 1.54) is 22.7 Å². The molecule has 0 saturated carbocycles. The van der Waals surface area contributed by atoms with Gasteiger partial charge in [-0.1, -0.05) is 18.2 Å². The first-order valence-electron chi connectivity index (χ1n) is 9.23. The van der Waals surface area contributed by atoms with E-state index >= 15 is 0 Å². The Morgan fingerprint density at radius 1 is 1.23 bits per heavy atom. The predicted molar refractivity (Wildman–Crippen MR) is 99.9 cm³/mol. The van der Waals surface area contributed by atoms with Crippen molar-refractivity contribution >= 4 is 16.7 Å². The highest BCUT2D eigenvalue weighted by Crippen LogP contribution is 2.25. The number of likely N-dealkylation sites (tertiary alicyclic amines) is 1. The first-order valence-corrected chi connectivity index (χ1v) is 9.23. The van der Waals surface area contributed by atoms with Gasteiger partial charge in [0.25, 0.3) is 5.91 Å². The monoisotopic (exact) mass is 349 g/mol. The maximum Gasteiger partial charge on any atom is 0.276 e. The molecule has 4 rings (SSSR count). The SMILES string of the molecule is Cc1ocnc1C(=O)N1CCC[C@H](Cc2ccc3cnccc3c2)CC1. The van der Waals surface area contributed by atoms with Crippen LogP contribution >= 0.6 is 0 Å². The second-order valence-corrected chi connectivity index (χ2v) is 7.11. The van der Waals surface area contributed by atoms with E-state index in [-0.39, 0.29) is 5.91 Å². The number of carbonyl (C=O) groups excluding carboxylic acids is 1. The van der Waals surface area contributed by atoms with Gasteiger partial charge in [-0.2, -0.15) is 0 Å². The highest BCUT2D eigenvalue weighted by molar-refractivity contribution is 5.93. The molecule has 5 nitrogen and oxygen atoms in total. The van der Waals surface area contributed by atoms with Gasteiger partial charge in [-0.15, -0.1) is 0 Å². The van der Waals surface area contributed by atoms with Crippen molar-refractivity contribution in [2.75, 3.05) is 13.1 Å². The van der Waals surface area contributed by atoms with Crippen molar-refractivity contribution in [2.45, 2.75) is 32.6 Å². The van der Waals surface area contributed by atoms with Crippen LogP contribution in [0.4, 0.5) is 0 Å². The number of oxazole rings is 1. The second-order valence-electron chi connectivity index (χ2n) is 7.11. The Morgan fingerprint density at radius 3 is 3.00 bits per heavy atom. The van der Waals surface area contributed by atoms with Crippen LogP contribution in [-0.4, -0.2) is 33.9 Å². The number of fused-ring (bicyclic) bond motifs is 1. The van der Waals surface area contributed by atoms with E-state index in [1.54, 1.807) is 6.92 Å². The minimum Gasteiger partial charge on any atom is -0.448 e. The molecule has 1 aliphatic heterocycles. The molecule has 1 amide bonds. The molecule has 3 aromatic rings. The number of hydrogen-bond acceptors (Lipinski definition) is 4. The van der Waals surface area contributed by atoms with Gasteiger partial charge < -0.3 is 9.32 Å². The van der Waals surface area contributed by atoms with Gasteiger partial charge in [0.15, 0.2) is 12.1 Å². The molecule has 5 heteroatoms. The zero-order valence-electron chi connectivity index (χ0n) is 15.0. The van der Waals surface area contributed by atoms with Gasteiger partial charge in [0, 0.05) is 30.9 Å². The summed E-state index contributed by atoms with van der Waals surface area (Å²) in [4.78, 5) is 22.8. The number of pyridine rings is 1. The summed E-state index contributed by atoms with van der Waals surface area (Å²) < 4.78 is 5.18. The van der Waals surface area contributed by atoms with Gasteiger partial charge in [0.1, 0.15) is 5.76 Å². The zero-order chi connectivity index (χ0) is 17.9. The average molecular weight is 349 g/mol. The Kier molecular flexibility index (Phi) is 4.69. The maximum atomic E-state index is 12.6. The van der Waals surface area contributed by atoms with Crippen LogP contribution in [0.2, 0.25) is 0 Å². The number of amides is 1. The van der Waals surface area contributed by atoms with Crippen molar-refractivity contribution in [1.82, 2.24) is 14.9 Å². The summed E-state index contributed by atoms with van der Waals surface area (Å²) in [5.74, 6) is 1.20. The average Bonchev–Trinajstić information content (AvgIpc) is 2.95. The molecule has 2 aromatic heterocycles. The van der Waals surface area contributed by atoms with Gasteiger partial charge >= 0.3 is 0 Å². The normalized spacial score (nSPS) is 18.0. The van der Waals surface area contributed by atoms with Crippen molar-refractivity contribution in [3.63, 3.8) is 0 Å². The Morgan fingerprint density at radius 2 is 2.15 bits per heavy atom. The van der Waals surface area contributed by atoms with E-state index in [4.69, 9.17) is 4.42 Å². The molecule has 1 aliphatic rings. The molecule has 0 N–H and O–H groups in total. The molecular formula is C21H23N3O2. The van der Waals surface area contributed by atoms with Crippen LogP contribution < -0.4 is 0 Å². The standard InChI is InChI=1S/C21H23N3O2/c1-15-20(23-14-26-15)21(25)24-9-2-3-16(7-10-24)11-17-4-5-19-13-22-8-6-18(19)12-17/h4-6,8,12-14,16H,2-3,7,9-11H2,1H3/t16-/m0/s1. The molecule has 1 saturated heterocycles. The Hall–Kier alpha value is -2.69. The third-order valence-electron chi connectivity index (χ3n) is 5.31. The van der Waals surface area contributed by atoms with Gasteiger partial charge in [-0.3, -0.25) is 9.78 Å².